The molecule has 2 heterocycles. The number of hydrogen-bond acceptors (Lipinski definition) is 8. The molecule has 0 aromatic rings. The Labute approximate surface area is 247 Å². The number of carbonyl (C=O) groups excluding carboxylic acids is 3. The SMILES string of the molecule is CC[C@H]1OC(=O)[C@@](C)(F)C(=O)[C@H](C)[C@@H](O[C@@H]2O[C@H](C)C[C@H](NC)[C@H]2C)[C@@](C)(OC)C[C@@H](C)C(=O)[C@H](C)[C@@H](C)C1(C)C. The van der Waals surface area contributed by atoms with Crippen LogP contribution in [-0.4, -0.2) is 73.6 Å². The van der Waals surface area contributed by atoms with Crippen LogP contribution in [0.1, 0.15) is 95.4 Å². The lowest BCUT2D eigenvalue weighted by molar-refractivity contribution is -0.276. The van der Waals surface area contributed by atoms with Crippen molar-refractivity contribution < 1.29 is 37.7 Å². The van der Waals surface area contributed by atoms with E-state index >= 15 is 4.39 Å². The quantitative estimate of drug-likeness (QED) is 0.343. The van der Waals surface area contributed by atoms with Crippen LogP contribution < -0.4 is 5.32 Å². The molecular weight excluding hydrogens is 529 g/mol. The van der Waals surface area contributed by atoms with Gasteiger partial charge in [0.05, 0.1) is 17.8 Å². The molecule has 0 aromatic carbocycles. The molecule has 2 aliphatic rings. The molecule has 238 valence electrons. The number of ether oxygens (including phenoxy) is 4. The largest absolute Gasteiger partial charge is 0.459 e. The Morgan fingerprint density at radius 2 is 1.59 bits per heavy atom. The first-order valence-electron chi connectivity index (χ1n) is 15.3. The second-order valence-electron chi connectivity index (χ2n) is 13.7. The van der Waals surface area contributed by atoms with Gasteiger partial charge in [0.25, 0.3) is 5.67 Å². The van der Waals surface area contributed by atoms with Crippen LogP contribution in [0.25, 0.3) is 0 Å². The summed E-state index contributed by atoms with van der Waals surface area (Å²) in [5.41, 5.74) is -4.75. The van der Waals surface area contributed by atoms with E-state index in [9.17, 15) is 14.4 Å². The summed E-state index contributed by atoms with van der Waals surface area (Å²) in [6, 6.07) is 0.0978. The van der Waals surface area contributed by atoms with Gasteiger partial charge in [0.15, 0.2) is 12.1 Å². The lowest BCUT2D eigenvalue weighted by Crippen LogP contribution is -2.59. The summed E-state index contributed by atoms with van der Waals surface area (Å²) in [4.78, 5) is 41.0. The number of halogens is 1. The third kappa shape index (κ3) is 7.22. The molecule has 0 amide bonds. The van der Waals surface area contributed by atoms with E-state index in [-0.39, 0.29) is 42.1 Å². The third-order valence-electron chi connectivity index (χ3n) is 10.5. The number of Topliss-reactive ketones (excluding diaryl/α,β-unsaturated/α-hetero) is 2. The van der Waals surface area contributed by atoms with Crippen LogP contribution in [0.5, 0.6) is 0 Å². The molecule has 2 fully saturated rings. The summed E-state index contributed by atoms with van der Waals surface area (Å²) >= 11 is 0. The van der Waals surface area contributed by atoms with E-state index in [4.69, 9.17) is 18.9 Å². The maximum absolute atomic E-state index is 16.3. The number of rotatable bonds is 5. The summed E-state index contributed by atoms with van der Waals surface area (Å²) in [6.07, 6.45) is -1.13. The highest BCUT2D eigenvalue weighted by molar-refractivity contribution is 6.07. The number of esters is 1. The highest BCUT2D eigenvalue weighted by atomic mass is 19.1. The molecule has 0 unspecified atom stereocenters. The van der Waals surface area contributed by atoms with Gasteiger partial charge in [0, 0.05) is 42.2 Å². The number of cyclic esters (lactones) is 1. The number of hydrogen-bond donors (Lipinski definition) is 1. The van der Waals surface area contributed by atoms with E-state index in [1.165, 1.54) is 7.11 Å². The van der Waals surface area contributed by atoms with Crippen molar-refractivity contribution in [3.8, 4) is 0 Å². The number of alkyl halides is 1. The molecular formula is C32H56FNO7. The Morgan fingerprint density at radius 1 is 1.00 bits per heavy atom. The fourth-order valence-electron chi connectivity index (χ4n) is 6.97. The predicted molar refractivity (Wildman–Crippen MR) is 156 cm³/mol. The van der Waals surface area contributed by atoms with Gasteiger partial charge in [-0.1, -0.05) is 55.4 Å². The monoisotopic (exact) mass is 585 g/mol. The van der Waals surface area contributed by atoms with Crippen molar-refractivity contribution in [1.29, 1.82) is 0 Å². The van der Waals surface area contributed by atoms with Gasteiger partial charge in [-0.15, -0.1) is 0 Å². The van der Waals surface area contributed by atoms with Crippen molar-refractivity contribution in [2.45, 2.75) is 137 Å². The summed E-state index contributed by atoms with van der Waals surface area (Å²) in [5, 5.41) is 3.31. The molecule has 41 heavy (non-hydrogen) atoms. The molecule has 0 radical (unpaired) electrons. The van der Waals surface area contributed by atoms with Crippen LogP contribution in [0.2, 0.25) is 0 Å². The average molecular weight is 586 g/mol. The molecule has 2 aliphatic heterocycles. The predicted octanol–water partition coefficient (Wildman–Crippen LogP) is 5.30. The van der Waals surface area contributed by atoms with Crippen molar-refractivity contribution in [1.82, 2.24) is 5.32 Å². The molecule has 9 heteroatoms. The highest BCUT2D eigenvalue weighted by Crippen LogP contribution is 2.43. The third-order valence-corrected chi connectivity index (χ3v) is 10.5. The van der Waals surface area contributed by atoms with Gasteiger partial charge in [0.2, 0.25) is 0 Å². The van der Waals surface area contributed by atoms with Gasteiger partial charge in [-0.25, -0.2) is 9.18 Å². The standard InChI is InChI=1S/C32H56FNO7/c1-14-24-30(8,9)22(7)19(4)25(35)17(2)16-31(10,38-13)27(21(6)26(36)32(11,33)29(37)40-24)41-28-20(5)23(34-12)15-18(3)39-28/h17-24,27-28,34H,14-16H2,1-13H3/t17-,18-,19-,20-,21+,22-,23+,24-,27-,28+,31+,32+/m1/s1. The second-order valence-corrected chi connectivity index (χ2v) is 13.7. The van der Waals surface area contributed by atoms with Crippen molar-refractivity contribution in [2.24, 2.45) is 35.0 Å². The molecule has 0 spiro atoms. The average Bonchev–Trinajstić information content (AvgIpc) is 2.92. The number of ketones is 2. The fraction of sp³-hybridized carbons (Fsp3) is 0.906. The van der Waals surface area contributed by atoms with E-state index in [0.29, 0.717) is 6.42 Å². The molecule has 2 saturated heterocycles. The Morgan fingerprint density at radius 3 is 2.10 bits per heavy atom. The maximum atomic E-state index is 16.3. The lowest BCUT2D eigenvalue weighted by Gasteiger charge is -2.47. The van der Waals surface area contributed by atoms with E-state index in [1.54, 1.807) is 13.8 Å². The van der Waals surface area contributed by atoms with Gasteiger partial charge in [0.1, 0.15) is 11.9 Å². The van der Waals surface area contributed by atoms with Crippen molar-refractivity contribution in [3.05, 3.63) is 0 Å². The second kappa shape index (κ2) is 13.5. The highest BCUT2D eigenvalue weighted by Gasteiger charge is 2.55. The van der Waals surface area contributed by atoms with Gasteiger partial charge in [-0.2, -0.15) is 0 Å². The van der Waals surface area contributed by atoms with Crippen molar-refractivity contribution in [3.63, 3.8) is 0 Å². The van der Waals surface area contributed by atoms with E-state index in [0.717, 1.165) is 13.3 Å². The van der Waals surface area contributed by atoms with Crippen molar-refractivity contribution >= 4 is 17.5 Å². The fourth-order valence-corrected chi connectivity index (χ4v) is 6.97. The first-order chi connectivity index (χ1) is 18.8. The van der Waals surface area contributed by atoms with Gasteiger partial charge in [-0.05, 0) is 53.0 Å². The van der Waals surface area contributed by atoms with Crippen LogP contribution in [0, 0.1) is 35.0 Å². The summed E-state index contributed by atoms with van der Waals surface area (Å²) in [7, 11) is 3.38. The van der Waals surface area contributed by atoms with E-state index in [2.05, 4.69) is 5.32 Å². The van der Waals surface area contributed by atoms with Crippen molar-refractivity contribution in [2.75, 3.05) is 14.2 Å². The van der Waals surface area contributed by atoms with Gasteiger partial charge in [-0.3, -0.25) is 9.59 Å². The van der Waals surface area contributed by atoms with E-state index < -0.39 is 58.8 Å². The topological polar surface area (TPSA) is 100 Å². The summed E-state index contributed by atoms with van der Waals surface area (Å²) in [5.74, 6) is -4.37. The zero-order valence-electron chi connectivity index (χ0n) is 27.6. The van der Waals surface area contributed by atoms with Crippen LogP contribution in [-0.2, 0) is 33.3 Å². The molecule has 2 rings (SSSR count). The maximum Gasteiger partial charge on any atom is 0.351 e. The zero-order valence-corrected chi connectivity index (χ0v) is 27.6. The Balaban J connectivity index is 2.67. The van der Waals surface area contributed by atoms with E-state index in [1.807, 2.05) is 62.4 Å². The molecule has 8 nitrogen and oxygen atoms in total. The van der Waals surface area contributed by atoms with Crippen LogP contribution in [0.4, 0.5) is 4.39 Å². The minimum Gasteiger partial charge on any atom is -0.459 e. The van der Waals surface area contributed by atoms with Crippen LogP contribution in [0.15, 0.2) is 0 Å². The molecule has 0 aromatic heterocycles. The number of methoxy groups -OCH3 is 1. The van der Waals surface area contributed by atoms with Gasteiger partial charge >= 0.3 is 5.97 Å². The van der Waals surface area contributed by atoms with Crippen LogP contribution >= 0.6 is 0 Å². The first kappa shape index (κ1) is 35.8. The minimum absolute atomic E-state index is 0.0475. The lowest BCUT2D eigenvalue weighted by atomic mass is 9.66. The molecule has 0 bridgehead atoms. The molecule has 1 N–H and O–H groups in total. The van der Waals surface area contributed by atoms with Crippen LogP contribution in [0.3, 0.4) is 0 Å². The number of carbonyl (C=O) groups is 3. The summed E-state index contributed by atoms with van der Waals surface area (Å²) < 4.78 is 40.9. The number of nitrogens with one attached hydrogen (secondary N) is 1. The van der Waals surface area contributed by atoms with Gasteiger partial charge < -0.3 is 24.3 Å². The molecule has 0 saturated carbocycles. The molecule has 0 aliphatic carbocycles. The minimum atomic E-state index is -2.92. The smallest absolute Gasteiger partial charge is 0.351 e. The first-order valence-corrected chi connectivity index (χ1v) is 15.3. The Kier molecular flexibility index (Phi) is 11.8. The Hall–Kier alpha value is -1.42. The normalized spacial score (nSPS) is 45.2. The molecule has 12 atom stereocenters. The summed E-state index contributed by atoms with van der Waals surface area (Å²) in [6.45, 7) is 19.7. The zero-order chi connectivity index (χ0) is 31.7. The Bertz CT molecular complexity index is 939.